The quantitative estimate of drug-likeness (QED) is 0.644. The van der Waals surface area contributed by atoms with E-state index in [1.807, 2.05) is 39.0 Å². The van der Waals surface area contributed by atoms with E-state index in [-0.39, 0.29) is 35.2 Å². The van der Waals surface area contributed by atoms with E-state index in [2.05, 4.69) is 22.1 Å². The van der Waals surface area contributed by atoms with Gasteiger partial charge in [-0.15, -0.1) is 0 Å². The SMILES string of the molecule is CCC(C)N(C(=O)CSc1nc(Cc2ccccc2)c(C)[nH]1)C1CCS(=O)(=O)C1. The fraction of sp³-hybridized carbons (Fsp3) is 0.524. The van der Waals surface area contributed by atoms with Gasteiger partial charge in [-0.05, 0) is 32.3 Å². The summed E-state index contributed by atoms with van der Waals surface area (Å²) < 4.78 is 23.8. The highest BCUT2D eigenvalue weighted by atomic mass is 32.2. The molecule has 0 spiro atoms. The number of thioether (sulfide) groups is 1. The molecule has 0 saturated carbocycles. The Hall–Kier alpha value is -1.80. The van der Waals surface area contributed by atoms with Crippen LogP contribution >= 0.6 is 11.8 Å². The molecule has 1 saturated heterocycles. The van der Waals surface area contributed by atoms with Crippen molar-refractivity contribution in [2.45, 2.75) is 57.3 Å². The van der Waals surface area contributed by atoms with Gasteiger partial charge in [0.1, 0.15) is 0 Å². The molecule has 1 aromatic heterocycles. The number of aromatic nitrogens is 2. The maximum Gasteiger partial charge on any atom is 0.233 e. The molecule has 1 aromatic carbocycles. The standard InChI is InChI=1S/C21H29N3O3S2/c1-4-15(2)24(18-10-11-29(26,27)14-18)20(25)13-28-21-22-16(3)19(23-21)12-17-8-6-5-7-9-17/h5-9,15,18H,4,10-14H2,1-3H3,(H,22,23). The van der Waals surface area contributed by atoms with E-state index < -0.39 is 9.84 Å². The summed E-state index contributed by atoms with van der Waals surface area (Å²) in [5, 5.41) is 0.727. The lowest BCUT2D eigenvalue weighted by Crippen LogP contribution is -2.47. The summed E-state index contributed by atoms with van der Waals surface area (Å²) in [4.78, 5) is 22.7. The van der Waals surface area contributed by atoms with Crippen LogP contribution in [0.15, 0.2) is 35.5 Å². The van der Waals surface area contributed by atoms with Crippen molar-refractivity contribution >= 4 is 27.5 Å². The zero-order valence-corrected chi connectivity index (χ0v) is 18.9. The summed E-state index contributed by atoms with van der Waals surface area (Å²) in [5.74, 6) is 0.476. The van der Waals surface area contributed by atoms with E-state index in [9.17, 15) is 13.2 Å². The van der Waals surface area contributed by atoms with Gasteiger partial charge in [0.25, 0.3) is 0 Å². The van der Waals surface area contributed by atoms with Crippen LogP contribution in [0.25, 0.3) is 0 Å². The number of carbonyl (C=O) groups is 1. The van der Waals surface area contributed by atoms with E-state index in [0.717, 1.165) is 29.4 Å². The van der Waals surface area contributed by atoms with Crippen LogP contribution in [-0.2, 0) is 21.1 Å². The van der Waals surface area contributed by atoms with Crippen LogP contribution in [0, 0.1) is 6.92 Å². The van der Waals surface area contributed by atoms with E-state index in [4.69, 9.17) is 0 Å². The van der Waals surface area contributed by atoms with E-state index >= 15 is 0 Å². The predicted molar refractivity (Wildman–Crippen MR) is 117 cm³/mol. The molecule has 0 radical (unpaired) electrons. The van der Waals surface area contributed by atoms with Crippen molar-refractivity contribution in [3.05, 3.63) is 47.3 Å². The molecule has 0 bridgehead atoms. The number of aromatic amines is 1. The van der Waals surface area contributed by atoms with Crippen LogP contribution in [-0.4, -0.2) is 58.5 Å². The van der Waals surface area contributed by atoms with Gasteiger partial charge in [0.15, 0.2) is 15.0 Å². The van der Waals surface area contributed by atoms with E-state index in [1.54, 1.807) is 4.90 Å². The first-order valence-corrected chi connectivity index (χ1v) is 12.8. The average molecular weight is 436 g/mol. The van der Waals surface area contributed by atoms with Gasteiger partial charge in [-0.1, -0.05) is 49.0 Å². The molecule has 2 atom stereocenters. The second-order valence-corrected chi connectivity index (χ2v) is 10.9. The van der Waals surface area contributed by atoms with Crippen molar-refractivity contribution in [1.29, 1.82) is 0 Å². The van der Waals surface area contributed by atoms with Gasteiger partial charge in [-0.25, -0.2) is 13.4 Å². The fourth-order valence-corrected chi connectivity index (χ4v) is 6.22. The lowest BCUT2D eigenvalue weighted by molar-refractivity contribution is -0.132. The lowest BCUT2D eigenvalue weighted by atomic mass is 10.1. The molecule has 1 aliphatic heterocycles. The van der Waals surface area contributed by atoms with Crippen LogP contribution in [0.2, 0.25) is 0 Å². The molecule has 8 heteroatoms. The number of imidazole rings is 1. The number of hydrogen-bond acceptors (Lipinski definition) is 5. The summed E-state index contributed by atoms with van der Waals surface area (Å²) in [6.45, 7) is 6.00. The summed E-state index contributed by atoms with van der Waals surface area (Å²) in [6, 6.07) is 9.97. The summed E-state index contributed by atoms with van der Waals surface area (Å²) in [5.41, 5.74) is 3.18. The van der Waals surface area contributed by atoms with Crippen molar-refractivity contribution in [3.8, 4) is 0 Å². The number of amides is 1. The Kier molecular flexibility index (Phi) is 7.05. The number of hydrogen-bond donors (Lipinski definition) is 1. The minimum absolute atomic E-state index is 0.0216. The number of nitrogens with zero attached hydrogens (tertiary/aromatic N) is 2. The number of aryl methyl sites for hydroxylation is 1. The van der Waals surface area contributed by atoms with Gasteiger partial charge in [0, 0.05) is 24.2 Å². The molecule has 1 N–H and O–H groups in total. The fourth-order valence-electron chi connectivity index (χ4n) is 3.70. The number of benzene rings is 1. The number of sulfone groups is 1. The summed E-state index contributed by atoms with van der Waals surface area (Å²) >= 11 is 1.38. The topological polar surface area (TPSA) is 83.1 Å². The molecule has 1 fully saturated rings. The molecule has 1 amide bonds. The van der Waals surface area contributed by atoms with Crippen LogP contribution in [0.3, 0.4) is 0 Å². The third-order valence-electron chi connectivity index (χ3n) is 5.47. The molecule has 1 aliphatic rings. The van der Waals surface area contributed by atoms with Crippen molar-refractivity contribution in [1.82, 2.24) is 14.9 Å². The van der Waals surface area contributed by atoms with Crippen LogP contribution < -0.4 is 0 Å². The molecule has 158 valence electrons. The summed E-state index contributed by atoms with van der Waals surface area (Å²) in [7, 11) is -3.03. The highest BCUT2D eigenvalue weighted by molar-refractivity contribution is 7.99. The third-order valence-corrected chi connectivity index (χ3v) is 8.07. The van der Waals surface area contributed by atoms with Crippen molar-refractivity contribution in [2.24, 2.45) is 0 Å². The zero-order chi connectivity index (χ0) is 21.0. The summed E-state index contributed by atoms with van der Waals surface area (Å²) in [6.07, 6.45) is 2.08. The molecular weight excluding hydrogens is 406 g/mol. The van der Waals surface area contributed by atoms with Crippen LogP contribution in [0.1, 0.15) is 43.6 Å². The lowest BCUT2D eigenvalue weighted by Gasteiger charge is -2.33. The maximum atomic E-state index is 13.0. The second-order valence-electron chi connectivity index (χ2n) is 7.68. The number of rotatable bonds is 8. The first-order valence-electron chi connectivity index (χ1n) is 10.0. The Morgan fingerprint density at radius 1 is 1.34 bits per heavy atom. The van der Waals surface area contributed by atoms with Crippen LogP contribution in [0.4, 0.5) is 0 Å². The average Bonchev–Trinajstić information content (AvgIpc) is 3.22. The molecular formula is C21H29N3O3S2. The smallest absolute Gasteiger partial charge is 0.233 e. The molecule has 2 unspecified atom stereocenters. The first-order chi connectivity index (χ1) is 13.8. The van der Waals surface area contributed by atoms with Gasteiger partial charge in [0.2, 0.25) is 5.91 Å². The van der Waals surface area contributed by atoms with Crippen molar-refractivity contribution < 1.29 is 13.2 Å². The maximum absolute atomic E-state index is 13.0. The van der Waals surface area contributed by atoms with E-state index in [1.165, 1.54) is 17.3 Å². The highest BCUT2D eigenvalue weighted by Gasteiger charge is 2.36. The van der Waals surface area contributed by atoms with Gasteiger partial charge >= 0.3 is 0 Å². The number of H-pyrrole nitrogens is 1. The van der Waals surface area contributed by atoms with E-state index in [0.29, 0.717) is 6.42 Å². The van der Waals surface area contributed by atoms with Crippen molar-refractivity contribution in [3.63, 3.8) is 0 Å². The molecule has 2 heterocycles. The minimum atomic E-state index is -3.03. The Labute approximate surface area is 177 Å². The van der Waals surface area contributed by atoms with Gasteiger partial charge in [-0.2, -0.15) is 0 Å². The monoisotopic (exact) mass is 435 g/mol. The van der Waals surface area contributed by atoms with Gasteiger partial charge < -0.3 is 9.88 Å². The Balaban J connectivity index is 1.65. The Morgan fingerprint density at radius 3 is 2.69 bits per heavy atom. The Morgan fingerprint density at radius 2 is 2.07 bits per heavy atom. The molecule has 29 heavy (non-hydrogen) atoms. The van der Waals surface area contributed by atoms with Gasteiger partial charge in [0.05, 0.1) is 23.0 Å². The minimum Gasteiger partial charge on any atom is -0.337 e. The predicted octanol–water partition coefficient (Wildman–Crippen LogP) is 3.22. The molecule has 3 rings (SSSR count). The van der Waals surface area contributed by atoms with Crippen molar-refractivity contribution in [2.75, 3.05) is 17.3 Å². The largest absolute Gasteiger partial charge is 0.337 e. The van der Waals surface area contributed by atoms with Crippen LogP contribution in [0.5, 0.6) is 0 Å². The molecule has 0 aliphatic carbocycles. The number of nitrogens with one attached hydrogen (secondary N) is 1. The Bertz CT molecular complexity index is 941. The highest BCUT2D eigenvalue weighted by Crippen LogP contribution is 2.24. The molecule has 2 aromatic rings. The third kappa shape index (κ3) is 5.63. The normalized spacial score (nSPS) is 19.2. The second kappa shape index (κ2) is 9.34. The molecule has 6 nitrogen and oxygen atoms in total. The zero-order valence-electron chi connectivity index (χ0n) is 17.2. The van der Waals surface area contributed by atoms with Gasteiger partial charge in [-0.3, -0.25) is 4.79 Å². The first kappa shape index (κ1) is 21.9. The number of carbonyl (C=O) groups excluding carboxylic acids is 1.